The molecule has 18 heavy (non-hydrogen) atoms. The fourth-order valence-electron chi connectivity index (χ4n) is 2.07. The SMILES string of the molecule is Cc1c(CCl)cccc1B1OC(C)(C)C(C)(C)O1. The van der Waals surface area contributed by atoms with Crippen LogP contribution in [0.25, 0.3) is 0 Å². The van der Waals surface area contributed by atoms with Gasteiger partial charge in [0.2, 0.25) is 0 Å². The van der Waals surface area contributed by atoms with E-state index in [1.54, 1.807) is 0 Å². The van der Waals surface area contributed by atoms with Crippen LogP contribution in [0, 0.1) is 6.92 Å². The molecule has 0 N–H and O–H groups in total. The zero-order valence-electron chi connectivity index (χ0n) is 11.7. The molecule has 4 heteroatoms. The molecule has 1 heterocycles. The van der Waals surface area contributed by atoms with Gasteiger partial charge in [-0.05, 0) is 51.2 Å². The van der Waals surface area contributed by atoms with Gasteiger partial charge >= 0.3 is 7.12 Å². The van der Waals surface area contributed by atoms with E-state index in [-0.39, 0.29) is 18.3 Å². The number of hydrogen-bond donors (Lipinski definition) is 0. The summed E-state index contributed by atoms with van der Waals surface area (Å²) in [4.78, 5) is 0. The quantitative estimate of drug-likeness (QED) is 0.605. The molecule has 0 saturated carbocycles. The van der Waals surface area contributed by atoms with Crippen LogP contribution in [0.15, 0.2) is 18.2 Å². The van der Waals surface area contributed by atoms with Gasteiger partial charge in [-0.25, -0.2) is 0 Å². The maximum Gasteiger partial charge on any atom is 0.495 e. The predicted octanol–water partition coefficient (Wildman–Crippen LogP) is 3.03. The minimum Gasteiger partial charge on any atom is -0.399 e. The van der Waals surface area contributed by atoms with Crippen molar-refractivity contribution in [2.75, 3.05) is 0 Å². The number of alkyl halides is 1. The van der Waals surface area contributed by atoms with Crippen LogP contribution in [-0.2, 0) is 15.2 Å². The molecule has 2 rings (SSSR count). The molecule has 0 amide bonds. The Morgan fingerprint density at radius 3 is 2.17 bits per heavy atom. The molecule has 1 saturated heterocycles. The Morgan fingerprint density at radius 1 is 1.11 bits per heavy atom. The van der Waals surface area contributed by atoms with Crippen LogP contribution in [0.2, 0.25) is 0 Å². The first-order valence-electron chi connectivity index (χ1n) is 6.28. The third-order valence-electron chi connectivity index (χ3n) is 4.14. The van der Waals surface area contributed by atoms with Crippen molar-refractivity contribution in [1.82, 2.24) is 0 Å². The first kappa shape index (κ1) is 13.9. The van der Waals surface area contributed by atoms with Gasteiger partial charge in [-0.1, -0.05) is 18.2 Å². The molecular formula is C14H20BClO2. The van der Waals surface area contributed by atoms with Gasteiger partial charge in [0.25, 0.3) is 0 Å². The van der Waals surface area contributed by atoms with Crippen LogP contribution in [0.5, 0.6) is 0 Å². The van der Waals surface area contributed by atoms with Crippen molar-refractivity contribution in [2.24, 2.45) is 0 Å². The van der Waals surface area contributed by atoms with Gasteiger partial charge in [0.1, 0.15) is 0 Å². The van der Waals surface area contributed by atoms with Crippen LogP contribution >= 0.6 is 11.6 Å². The summed E-state index contributed by atoms with van der Waals surface area (Å²) >= 11 is 5.94. The van der Waals surface area contributed by atoms with Crippen molar-refractivity contribution in [3.05, 3.63) is 29.3 Å². The van der Waals surface area contributed by atoms with E-state index >= 15 is 0 Å². The summed E-state index contributed by atoms with van der Waals surface area (Å²) in [6.45, 7) is 10.3. The second kappa shape index (κ2) is 4.55. The topological polar surface area (TPSA) is 18.5 Å². The molecule has 0 unspecified atom stereocenters. The summed E-state index contributed by atoms with van der Waals surface area (Å²) in [5.41, 5.74) is 2.75. The van der Waals surface area contributed by atoms with Crippen molar-refractivity contribution in [2.45, 2.75) is 51.7 Å². The normalized spacial score (nSPS) is 21.3. The molecule has 0 bridgehead atoms. The number of rotatable bonds is 2. The fraction of sp³-hybridized carbons (Fsp3) is 0.571. The summed E-state index contributed by atoms with van der Waals surface area (Å²) < 4.78 is 12.1. The van der Waals surface area contributed by atoms with Crippen molar-refractivity contribution < 1.29 is 9.31 Å². The average Bonchev–Trinajstić information content (AvgIpc) is 2.48. The summed E-state index contributed by atoms with van der Waals surface area (Å²) in [6, 6.07) is 6.09. The van der Waals surface area contributed by atoms with E-state index in [4.69, 9.17) is 20.9 Å². The van der Waals surface area contributed by atoms with Crippen LogP contribution in [-0.4, -0.2) is 18.3 Å². The molecule has 1 aliphatic rings. The molecule has 1 aromatic carbocycles. The molecule has 0 atom stereocenters. The first-order valence-corrected chi connectivity index (χ1v) is 6.82. The van der Waals surface area contributed by atoms with Gasteiger partial charge in [-0.15, -0.1) is 11.6 Å². The summed E-state index contributed by atoms with van der Waals surface area (Å²) in [7, 11) is -0.307. The van der Waals surface area contributed by atoms with E-state index < -0.39 is 0 Å². The van der Waals surface area contributed by atoms with E-state index in [1.807, 2.05) is 18.2 Å². The van der Waals surface area contributed by atoms with Crippen molar-refractivity contribution >= 4 is 24.2 Å². The lowest BCUT2D eigenvalue weighted by Gasteiger charge is -2.32. The Balaban J connectivity index is 2.35. The Bertz CT molecular complexity index is 441. The Hall–Kier alpha value is -0.505. The van der Waals surface area contributed by atoms with Gasteiger partial charge in [-0.2, -0.15) is 0 Å². The second-order valence-electron chi connectivity index (χ2n) is 5.85. The minimum atomic E-state index is -0.307. The van der Waals surface area contributed by atoms with Gasteiger partial charge in [0.15, 0.2) is 0 Å². The average molecular weight is 267 g/mol. The van der Waals surface area contributed by atoms with Crippen LogP contribution in [0.3, 0.4) is 0 Å². The van der Waals surface area contributed by atoms with Crippen LogP contribution in [0.4, 0.5) is 0 Å². The largest absolute Gasteiger partial charge is 0.495 e. The smallest absolute Gasteiger partial charge is 0.399 e. The van der Waals surface area contributed by atoms with E-state index in [9.17, 15) is 0 Å². The highest BCUT2D eigenvalue weighted by atomic mass is 35.5. The Labute approximate surface area is 115 Å². The molecule has 98 valence electrons. The molecule has 0 aliphatic carbocycles. The van der Waals surface area contributed by atoms with Crippen molar-refractivity contribution in [1.29, 1.82) is 0 Å². The summed E-state index contributed by atoms with van der Waals surface area (Å²) in [6.07, 6.45) is 0. The third-order valence-corrected chi connectivity index (χ3v) is 4.43. The molecular weight excluding hydrogens is 246 g/mol. The highest BCUT2D eigenvalue weighted by Crippen LogP contribution is 2.36. The van der Waals surface area contributed by atoms with E-state index in [2.05, 4.69) is 34.6 Å². The molecule has 1 aliphatic heterocycles. The van der Waals surface area contributed by atoms with Gasteiger partial charge < -0.3 is 9.31 Å². The fourth-order valence-corrected chi connectivity index (χ4v) is 2.36. The Morgan fingerprint density at radius 2 is 1.67 bits per heavy atom. The third kappa shape index (κ3) is 2.20. The van der Waals surface area contributed by atoms with Crippen LogP contribution in [0.1, 0.15) is 38.8 Å². The van der Waals surface area contributed by atoms with Gasteiger partial charge in [0.05, 0.1) is 11.2 Å². The first-order chi connectivity index (χ1) is 8.28. The Kier molecular flexibility index (Phi) is 3.52. The monoisotopic (exact) mass is 266 g/mol. The highest BCUT2D eigenvalue weighted by molar-refractivity contribution is 6.62. The second-order valence-corrected chi connectivity index (χ2v) is 6.12. The van der Waals surface area contributed by atoms with Crippen molar-refractivity contribution in [3.63, 3.8) is 0 Å². The van der Waals surface area contributed by atoms with Crippen molar-refractivity contribution in [3.8, 4) is 0 Å². The predicted molar refractivity (Wildman–Crippen MR) is 76.5 cm³/mol. The molecule has 0 spiro atoms. The summed E-state index contributed by atoms with van der Waals surface area (Å²) in [5, 5.41) is 0. The molecule has 2 nitrogen and oxygen atoms in total. The molecule has 0 aromatic heterocycles. The number of benzene rings is 1. The van der Waals surface area contributed by atoms with E-state index in [0.717, 1.165) is 16.6 Å². The lowest BCUT2D eigenvalue weighted by Crippen LogP contribution is -2.41. The van der Waals surface area contributed by atoms with E-state index in [1.165, 1.54) is 0 Å². The standard InChI is InChI=1S/C14H20BClO2/c1-10-11(9-16)7-6-8-12(10)15-17-13(2,3)14(4,5)18-15/h6-8H,9H2,1-5H3. The van der Waals surface area contributed by atoms with Gasteiger partial charge in [-0.3, -0.25) is 0 Å². The molecule has 1 aromatic rings. The highest BCUT2D eigenvalue weighted by Gasteiger charge is 2.52. The maximum atomic E-state index is 6.07. The zero-order valence-corrected chi connectivity index (χ0v) is 12.5. The molecule has 1 fully saturated rings. The van der Waals surface area contributed by atoms with E-state index in [0.29, 0.717) is 5.88 Å². The molecule has 0 radical (unpaired) electrons. The zero-order chi connectivity index (χ0) is 13.6. The van der Waals surface area contributed by atoms with Crippen LogP contribution < -0.4 is 5.46 Å². The van der Waals surface area contributed by atoms with Gasteiger partial charge in [0, 0.05) is 5.88 Å². The lowest BCUT2D eigenvalue weighted by molar-refractivity contribution is 0.00578. The number of halogens is 1. The minimum absolute atomic E-state index is 0.304. The maximum absolute atomic E-state index is 6.07. The summed E-state index contributed by atoms with van der Waals surface area (Å²) in [5.74, 6) is 0.513. The lowest BCUT2D eigenvalue weighted by atomic mass is 9.75. The number of hydrogen-bond acceptors (Lipinski definition) is 2.